The van der Waals surface area contributed by atoms with Gasteiger partial charge in [0.05, 0.1) is 28.3 Å². The van der Waals surface area contributed by atoms with Gasteiger partial charge in [0, 0.05) is 22.6 Å². The fraction of sp³-hybridized carbons (Fsp3) is 0.0400. The van der Waals surface area contributed by atoms with Crippen molar-refractivity contribution in [3.63, 3.8) is 0 Å². The second-order valence-electron chi connectivity index (χ2n) is 8.01. The lowest BCUT2D eigenvalue weighted by Crippen LogP contribution is -2.26. The minimum absolute atomic E-state index is 0.00330. The van der Waals surface area contributed by atoms with Gasteiger partial charge in [0.25, 0.3) is 21.6 Å². The zero-order valence-corrected chi connectivity index (χ0v) is 20.0. The molecule has 180 valence electrons. The van der Waals surface area contributed by atoms with Gasteiger partial charge in [0.1, 0.15) is 5.02 Å². The van der Waals surface area contributed by atoms with Crippen molar-refractivity contribution in [3.8, 4) is 0 Å². The SMILES string of the molecule is O=C(N/N=C\c1ccc(Cl)c([N+](=O)[O-])c1)c1ccc(CN2c3cccc4cccc(c34)S2(=O)=O)cc1. The minimum Gasteiger partial charge on any atom is -0.267 e. The first-order valence-electron chi connectivity index (χ1n) is 10.7. The Labute approximate surface area is 210 Å². The van der Waals surface area contributed by atoms with Crippen LogP contribution in [0.4, 0.5) is 11.4 Å². The highest BCUT2D eigenvalue weighted by atomic mass is 35.5. The Morgan fingerprint density at radius 2 is 1.78 bits per heavy atom. The largest absolute Gasteiger partial charge is 0.288 e. The molecule has 0 spiro atoms. The number of sulfonamides is 1. The molecule has 5 rings (SSSR count). The van der Waals surface area contributed by atoms with Crippen molar-refractivity contribution in [2.45, 2.75) is 11.4 Å². The first-order chi connectivity index (χ1) is 17.3. The molecule has 11 heteroatoms. The molecule has 0 saturated heterocycles. The lowest BCUT2D eigenvalue weighted by molar-refractivity contribution is -0.384. The van der Waals surface area contributed by atoms with Crippen LogP contribution in [0, 0.1) is 10.1 Å². The van der Waals surface area contributed by atoms with Crippen molar-refractivity contribution < 1.29 is 18.1 Å². The molecular formula is C25H17ClN4O5S. The van der Waals surface area contributed by atoms with Gasteiger partial charge in [0.2, 0.25) is 0 Å². The lowest BCUT2D eigenvalue weighted by Gasteiger charge is -2.19. The van der Waals surface area contributed by atoms with E-state index in [4.69, 9.17) is 11.6 Å². The van der Waals surface area contributed by atoms with Crippen LogP contribution < -0.4 is 9.73 Å². The summed E-state index contributed by atoms with van der Waals surface area (Å²) >= 11 is 5.79. The predicted molar refractivity (Wildman–Crippen MR) is 137 cm³/mol. The average molecular weight is 521 g/mol. The molecule has 1 N–H and O–H groups in total. The number of nitrogens with zero attached hydrogens (tertiary/aromatic N) is 3. The Kier molecular flexibility index (Phi) is 5.91. The first kappa shape index (κ1) is 23.5. The molecule has 1 amide bonds. The summed E-state index contributed by atoms with van der Waals surface area (Å²) in [4.78, 5) is 23.1. The summed E-state index contributed by atoms with van der Waals surface area (Å²) in [5.74, 6) is -0.493. The quantitative estimate of drug-likeness (QED) is 0.221. The van der Waals surface area contributed by atoms with E-state index in [9.17, 15) is 23.3 Å². The maximum Gasteiger partial charge on any atom is 0.288 e. The number of nitro groups is 1. The molecule has 1 heterocycles. The number of nitrogens with one attached hydrogen (secondary N) is 1. The van der Waals surface area contributed by atoms with E-state index in [1.165, 1.54) is 28.7 Å². The molecule has 4 aromatic carbocycles. The van der Waals surface area contributed by atoms with E-state index in [1.807, 2.05) is 18.2 Å². The van der Waals surface area contributed by atoms with Gasteiger partial charge in [-0.05, 0) is 41.3 Å². The molecule has 0 radical (unpaired) electrons. The van der Waals surface area contributed by atoms with Crippen LogP contribution in [0.15, 0.2) is 88.9 Å². The molecule has 9 nitrogen and oxygen atoms in total. The highest BCUT2D eigenvalue weighted by Crippen LogP contribution is 2.42. The number of amides is 1. The summed E-state index contributed by atoms with van der Waals surface area (Å²) in [6, 6.07) is 21.4. The van der Waals surface area contributed by atoms with Crippen molar-refractivity contribution in [1.82, 2.24) is 5.43 Å². The molecule has 36 heavy (non-hydrogen) atoms. The van der Waals surface area contributed by atoms with Gasteiger partial charge in [-0.2, -0.15) is 5.10 Å². The van der Waals surface area contributed by atoms with E-state index < -0.39 is 20.9 Å². The standard InChI is InChI=1S/C25H17ClN4O5S/c26-20-12-9-17(13-22(20)30(32)33)14-27-28-25(31)19-10-7-16(8-11-19)15-29-21-5-1-3-18-4-2-6-23(24(18)21)36(29,34)35/h1-14H,15H2,(H,28,31)/b27-14-. The molecule has 1 aliphatic heterocycles. The molecule has 0 aliphatic carbocycles. The third-order valence-corrected chi connectivity index (χ3v) is 7.89. The lowest BCUT2D eigenvalue weighted by atomic mass is 10.1. The molecular weight excluding hydrogens is 504 g/mol. The van der Waals surface area contributed by atoms with Crippen LogP contribution >= 0.6 is 11.6 Å². The molecule has 0 bridgehead atoms. The second-order valence-corrected chi connectivity index (χ2v) is 10.2. The van der Waals surface area contributed by atoms with Gasteiger partial charge in [-0.25, -0.2) is 13.8 Å². The van der Waals surface area contributed by atoms with E-state index >= 15 is 0 Å². The molecule has 1 aliphatic rings. The van der Waals surface area contributed by atoms with Gasteiger partial charge in [-0.1, -0.05) is 54.1 Å². The maximum atomic E-state index is 13.2. The Balaban J connectivity index is 1.29. The minimum atomic E-state index is -3.69. The van der Waals surface area contributed by atoms with Crippen LogP contribution in [0.1, 0.15) is 21.5 Å². The summed E-state index contributed by atoms with van der Waals surface area (Å²) < 4.78 is 27.7. The van der Waals surface area contributed by atoms with Crippen LogP contribution in [0.5, 0.6) is 0 Å². The van der Waals surface area contributed by atoms with Crippen LogP contribution in [0.2, 0.25) is 5.02 Å². The number of carbonyl (C=O) groups excluding carboxylic acids is 1. The highest BCUT2D eigenvalue weighted by molar-refractivity contribution is 7.93. The van der Waals surface area contributed by atoms with Crippen molar-refractivity contribution in [3.05, 3.63) is 111 Å². The molecule has 4 aromatic rings. The Morgan fingerprint density at radius 1 is 1.06 bits per heavy atom. The van der Waals surface area contributed by atoms with Gasteiger partial charge < -0.3 is 0 Å². The van der Waals surface area contributed by atoms with E-state index in [-0.39, 0.29) is 22.2 Å². The van der Waals surface area contributed by atoms with Crippen LogP contribution in [-0.2, 0) is 16.6 Å². The van der Waals surface area contributed by atoms with Gasteiger partial charge >= 0.3 is 0 Å². The van der Waals surface area contributed by atoms with Crippen molar-refractivity contribution in [1.29, 1.82) is 0 Å². The number of benzene rings is 4. The number of carbonyl (C=O) groups is 1. The molecule has 0 atom stereocenters. The van der Waals surface area contributed by atoms with Gasteiger partial charge in [0.15, 0.2) is 0 Å². The Morgan fingerprint density at radius 3 is 2.50 bits per heavy atom. The van der Waals surface area contributed by atoms with Crippen molar-refractivity contribution >= 4 is 55.9 Å². The predicted octanol–water partition coefficient (Wildman–Crippen LogP) is 4.87. The summed E-state index contributed by atoms with van der Waals surface area (Å²) in [5.41, 5.74) is 4.14. The topological polar surface area (TPSA) is 122 Å². The molecule has 0 saturated carbocycles. The number of nitro benzene ring substituents is 1. The second kappa shape index (κ2) is 9.06. The summed E-state index contributed by atoms with van der Waals surface area (Å²) in [7, 11) is -3.69. The molecule has 0 fully saturated rings. The van der Waals surface area contributed by atoms with Crippen LogP contribution in [0.25, 0.3) is 10.8 Å². The number of hydrogen-bond donors (Lipinski definition) is 1. The van der Waals surface area contributed by atoms with Crippen LogP contribution in [0.3, 0.4) is 0 Å². The number of hydrogen-bond acceptors (Lipinski definition) is 6. The summed E-state index contributed by atoms with van der Waals surface area (Å²) in [6.45, 7) is 0.117. The summed E-state index contributed by atoms with van der Waals surface area (Å²) in [5, 5.41) is 16.4. The zero-order chi connectivity index (χ0) is 25.4. The Hall–Kier alpha value is -4.28. The van der Waals surface area contributed by atoms with Crippen LogP contribution in [-0.4, -0.2) is 25.5 Å². The molecule has 0 aromatic heterocycles. The van der Waals surface area contributed by atoms with E-state index in [0.717, 1.165) is 5.39 Å². The fourth-order valence-corrected chi connectivity index (χ4v) is 5.92. The average Bonchev–Trinajstić information content (AvgIpc) is 3.08. The van der Waals surface area contributed by atoms with Crippen molar-refractivity contribution in [2.24, 2.45) is 5.10 Å². The summed E-state index contributed by atoms with van der Waals surface area (Å²) in [6.07, 6.45) is 1.27. The smallest absolute Gasteiger partial charge is 0.267 e. The van der Waals surface area contributed by atoms with Gasteiger partial charge in [-0.3, -0.25) is 19.2 Å². The van der Waals surface area contributed by atoms with E-state index in [2.05, 4.69) is 10.5 Å². The van der Waals surface area contributed by atoms with E-state index in [0.29, 0.717) is 27.8 Å². The van der Waals surface area contributed by atoms with Crippen molar-refractivity contribution in [2.75, 3.05) is 4.31 Å². The monoisotopic (exact) mass is 520 g/mol. The Bertz CT molecular complexity index is 1660. The van der Waals surface area contributed by atoms with Gasteiger partial charge in [-0.15, -0.1) is 0 Å². The number of hydrazone groups is 1. The third kappa shape index (κ3) is 4.16. The normalized spacial score (nSPS) is 13.9. The first-order valence-corrected chi connectivity index (χ1v) is 12.5. The molecule has 0 unspecified atom stereocenters. The highest BCUT2D eigenvalue weighted by Gasteiger charge is 2.35. The van der Waals surface area contributed by atoms with E-state index in [1.54, 1.807) is 42.5 Å². The number of halogens is 1. The fourth-order valence-electron chi connectivity index (χ4n) is 4.04. The maximum absolute atomic E-state index is 13.2. The third-order valence-electron chi connectivity index (χ3n) is 5.77. The number of rotatable bonds is 6. The number of anilines is 1. The zero-order valence-electron chi connectivity index (χ0n) is 18.5.